The molecule has 0 bridgehead atoms. The molecular weight excluding hydrogens is 178 g/mol. The summed E-state index contributed by atoms with van der Waals surface area (Å²) in [6.45, 7) is 7.75. The maximum atomic E-state index is 8.87. The zero-order valence-corrected chi connectivity index (χ0v) is 9.58. The van der Waals surface area contributed by atoms with E-state index in [2.05, 4.69) is 18.7 Å². The Morgan fingerprint density at radius 3 is 2.14 bits per heavy atom. The van der Waals surface area contributed by atoms with Gasteiger partial charge in [-0.25, -0.2) is 0 Å². The SMILES string of the molecule is CC(C)CCN(CCO)CCCCO. The first-order chi connectivity index (χ1) is 6.70. The molecule has 0 amide bonds. The standard InChI is InChI=1S/C11H25NO2/c1-11(2)5-7-12(8-10-14)6-3-4-9-13/h11,13-14H,3-10H2,1-2H3. The number of aliphatic hydroxyl groups excluding tert-OH is 2. The van der Waals surface area contributed by atoms with E-state index < -0.39 is 0 Å². The van der Waals surface area contributed by atoms with Crippen molar-refractivity contribution in [3.8, 4) is 0 Å². The normalized spacial score (nSPS) is 11.6. The molecule has 3 heteroatoms. The summed E-state index contributed by atoms with van der Waals surface area (Å²) < 4.78 is 0. The van der Waals surface area contributed by atoms with Gasteiger partial charge in [0.1, 0.15) is 0 Å². The molecule has 0 saturated heterocycles. The zero-order chi connectivity index (χ0) is 10.8. The topological polar surface area (TPSA) is 43.7 Å². The highest BCUT2D eigenvalue weighted by Crippen LogP contribution is 2.03. The molecule has 3 nitrogen and oxygen atoms in total. The number of unbranched alkanes of at least 4 members (excludes halogenated alkanes) is 1. The van der Waals surface area contributed by atoms with Crippen molar-refractivity contribution in [1.29, 1.82) is 0 Å². The average molecular weight is 203 g/mol. The molecule has 86 valence electrons. The Bertz CT molecular complexity index is 118. The Morgan fingerprint density at radius 2 is 1.64 bits per heavy atom. The van der Waals surface area contributed by atoms with Crippen LogP contribution in [0.1, 0.15) is 33.1 Å². The molecule has 0 fully saturated rings. The molecule has 0 aromatic carbocycles. The minimum Gasteiger partial charge on any atom is -0.396 e. The summed E-state index contributed by atoms with van der Waals surface area (Å²) in [7, 11) is 0. The molecule has 0 unspecified atom stereocenters. The third kappa shape index (κ3) is 8.48. The van der Waals surface area contributed by atoms with Crippen molar-refractivity contribution in [3.63, 3.8) is 0 Å². The van der Waals surface area contributed by atoms with Crippen molar-refractivity contribution in [2.75, 3.05) is 32.8 Å². The Labute approximate surface area is 87.7 Å². The Kier molecular flexibility index (Phi) is 9.35. The second-order valence-electron chi connectivity index (χ2n) is 4.18. The number of hydrogen-bond acceptors (Lipinski definition) is 3. The van der Waals surface area contributed by atoms with Crippen LogP contribution in [0.3, 0.4) is 0 Å². The predicted molar refractivity (Wildman–Crippen MR) is 59.3 cm³/mol. The maximum absolute atomic E-state index is 8.87. The molecule has 0 rings (SSSR count). The first-order valence-corrected chi connectivity index (χ1v) is 5.64. The first-order valence-electron chi connectivity index (χ1n) is 5.64. The van der Waals surface area contributed by atoms with Gasteiger partial charge in [0.05, 0.1) is 6.61 Å². The lowest BCUT2D eigenvalue weighted by atomic mass is 10.1. The Hall–Kier alpha value is -0.120. The summed E-state index contributed by atoms with van der Waals surface area (Å²) >= 11 is 0. The van der Waals surface area contributed by atoms with Gasteiger partial charge in [0.2, 0.25) is 0 Å². The molecular formula is C11H25NO2. The fraction of sp³-hybridized carbons (Fsp3) is 1.00. The molecule has 0 atom stereocenters. The van der Waals surface area contributed by atoms with E-state index in [1.807, 2.05) is 0 Å². The van der Waals surface area contributed by atoms with Crippen LogP contribution in [0.2, 0.25) is 0 Å². The summed E-state index contributed by atoms with van der Waals surface area (Å²) in [5, 5.41) is 17.5. The monoisotopic (exact) mass is 203 g/mol. The van der Waals surface area contributed by atoms with Crippen LogP contribution in [-0.2, 0) is 0 Å². The average Bonchev–Trinajstić information content (AvgIpc) is 2.14. The highest BCUT2D eigenvalue weighted by molar-refractivity contribution is 4.59. The van der Waals surface area contributed by atoms with Crippen LogP contribution < -0.4 is 0 Å². The van der Waals surface area contributed by atoms with Crippen molar-refractivity contribution in [1.82, 2.24) is 4.90 Å². The van der Waals surface area contributed by atoms with Crippen LogP contribution in [0.15, 0.2) is 0 Å². The summed E-state index contributed by atoms with van der Waals surface area (Å²) in [5.74, 6) is 0.717. The minimum atomic E-state index is 0.233. The minimum absolute atomic E-state index is 0.233. The largest absolute Gasteiger partial charge is 0.396 e. The van der Waals surface area contributed by atoms with Crippen LogP contribution in [0.4, 0.5) is 0 Å². The van der Waals surface area contributed by atoms with Gasteiger partial charge in [0, 0.05) is 13.2 Å². The van der Waals surface area contributed by atoms with Crippen LogP contribution >= 0.6 is 0 Å². The molecule has 0 spiro atoms. The van der Waals surface area contributed by atoms with Gasteiger partial charge in [-0.05, 0) is 38.3 Å². The van der Waals surface area contributed by atoms with Crippen molar-refractivity contribution >= 4 is 0 Å². The number of nitrogens with zero attached hydrogens (tertiary/aromatic N) is 1. The fourth-order valence-electron chi connectivity index (χ4n) is 1.36. The molecule has 0 radical (unpaired) electrons. The zero-order valence-electron chi connectivity index (χ0n) is 9.58. The lowest BCUT2D eigenvalue weighted by Crippen LogP contribution is -2.30. The summed E-state index contributed by atoms with van der Waals surface area (Å²) in [6.07, 6.45) is 3.07. The van der Waals surface area contributed by atoms with E-state index in [-0.39, 0.29) is 13.2 Å². The summed E-state index contributed by atoms with van der Waals surface area (Å²) in [6, 6.07) is 0. The second kappa shape index (κ2) is 9.44. The van der Waals surface area contributed by atoms with E-state index in [0.29, 0.717) is 5.92 Å². The van der Waals surface area contributed by atoms with Gasteiger partial charge >= 0.3 is 0 Å². The molecule has 0 aromatic rings. The molecule has 14 heavy (non-hydrogen) atoms. The van der Waals surface area contributed by atoms with Crippen LogP contribution in [0.25, 0.3) is 0 Å². The smallest absolute Gasteiger partial charge is 0.0558 e. The van der Waals surface area contributed by atoms with Crippen molar-refractivity contribution < 1.29 is 10.2 Å². The Balaban J connectivity index is 3.54. The van der Waals surface area contributed by atoms with Crippen LogP contribution in [0, 0.1) is 5.92 Å². The lowest BCUT2D eigenvalue weighted by molar-refractivity contribution is 0.182. The molecule has 0 aliphatic heterocycles. The van der Waals surface area contributed by atoms with Crippen molar-refractivity contribution in [2.24, 2.45) is 5.92 Å². The second-order valence-corrected chi connectivity index (χ2v) is 4.18. The van der Waals surface area contributed by atoms with E-state index in [0.717, 1.165) is 32.5 Å². The van der Waals surface area contributed by atoms with E-state index in [1.165, 1.54) is 6.42 Å². The molecule has 0 aliphatic rings. The predicted octanol–water partition coefficient (Wildman–Crippen LogP) is 1.10. The van der Waals surface area contributed by atoms with Gasteiger partial charge in [0.15, 0.2) is 0 Å². The van der Waals surface area contributed by atoms with Crippen molar-refractivity contribution in [2.45, 2.75) is 33.1 Å². The lowest BCUT2D eigenvalue weighted by Gasteiger charge is -2.21. The Morgan fingerprint density at radius 1 is 0.929 bits per heavy atom. The third-order valence-corrected chi connectivity index (χ3v) is 2.32. The van der Waals surface area contributed by atoms with E-state index in [1.54, 1.807) is 0 Å². The van der Waals surface area contributed by atoms with Gasteiger partial charge in [-0.15, -0.1) is 0 Å². The van der Waals surface area contributed by atoms with Gasteiger partial charge < -0.3 is 15.1 Å². The summed E-state index contributed by atoms with van der Waals surface area (Å²) in [4.78, 5) is 2.27. The molecule has 2 N–H and O–H groups in total. The van der Waals surface area contributed by atoms with Crippen molar-refractivity contribution in [3.05, 3.63) is 0 Å². The molecule has 0 saturated carbocycles. The first kappa shape index (κ1) is 13.9. The highest BCUT2D eigenvalue weighted by atomic mass is 16.3. The van der Waals surface area contributed by atoms with Gasteiger partial charge in [-0.2, -0.15) is 0 Å². The molecule has 0 heterocycles. The number of aliphatic hydroxyl groups is 2. The summed E-state index contributed by atoms with van der Waals surface area (Å²) in [5.41, 5.74) is 0. The van der Waals surface area contributed by atoms with Gasteiger partial charge in [0.25, 0.3) is 0 Å². The third-order valence-electron chi connectivity index (χ3n) is 2.32. The molecule has 0 aromatic heterocycles. The van der Waals surface area contributed by atoms with Gasteiger partial charge in [-0.3, -0.25) is 0 Å². The number of rotatable bonds is 9. The maximum Gasteiger partial charge on any atom is 0.0558 e. The van der Waals surface area contributed by atoms with Crippen LogP contribution in [0.5, 0.6) is 0 Å². The highest BCUT2D eigenvalue weighted by Gasteiger charge is 2.04. The quantitative estimate of drug-likeness (QED) is 0.552. The number of hydrogen-bond donors (Lipinski definition) is 2. The fourth-order valence-corrected chi connectivity index (χ4v) is 1.36. The van der Waals surface area contributed by atoms with E-state index in [4.69, 9.17) is 10.2 Å². The van der Waals surface area contributed by atoms with Crippen LogP contribution in [-0.4, -0.2) is 48.0 Å². The van der Waals surface area contributed by atoms with E-state index in [9.17, 15) is 0 Å². The van der Waals surface area contributed by atoms with Gasteiger partial charge in [-0.1, -0.05) is 13.8 Å². The van der Waals surface area contributed by atoms with E-state index >= 15 is 0 Å². The molecule has 0 aliphatic carbocycles.